The third-order valence-corrected chi connectivity index (χ3v) is 6.24. The summed E-state index contributed by atoms with van der Waals surface area (Å²) < 4.78 is 46.9. The highest BCUT2D eigenvalue weighted by atomic mass is 32.2. The fraction of sp³-hybridized carbons (Fsp3) is 0.130. The van der Waals surface area contributed by atoms with Gasteiger partial charge in [0.05, 0.1) is 29.3 Å². The minimum atomic E-state index is -4.10. The van der Waals surface area contributed by atoms with Crippen molar-refractivity contribution in [3.63, 3.8) is 0 Å². The maximum absolute atomic E-state index is 13.9. The number of fused-ring (bicyclic) bond motifs is 1. The minimum Gasteiger partial charge on any atom is -0.491 e. The predicted octanol–water partition coefficient (Wildman–Crippen LogP) is 3.38. The first-order valence-corrected chi connectivity index (χ1v) is 11.5. The summed E-state index contributed by atoms with van der Waals surface area (Å²) in [4.78, 5) is 26.4. The molecule has 0 atom stereocenters. The van der Waals surface area contributed by atoms with Gasteiger partial charge in [-0.2, -0.15) is 0 Å². The molecule has 2 N–H and O–H groups in total. The topological polar surface area (TPSA) is 105 Å². The lowest BCUT2D eigenvalue weighted by Crippen LogP contribution is -2.37. The van der Waals surface area contributed by atoms with Crippen LogP contribution in [0.25, 0.3) is 0 Å². The van der Waals surface area contributed by atoms with Crippen molar-refractivity contribution in [1.29, 1.82) is 0 Å². The highest BCUT2D eigenvalue weighted by molar-refractivity contribution is 7.92. The van der Waals surface area contributed by atoms with Gasteiger partial charge >= 0.3 is 0 Å². The highest BCUT2D eigenvalue weighted by Gasteiger charge is 2.25. The van der Waals surface area contributed by atoms with Crippen LogP contribution < -0.4 is 19.7 Å². The summed E-state index contributed by atoms with van der Waals surface area (Å²) >= 11 is 0. The number of carbonyl (C=O) groups excluding carboxylic acids is 2. The summed E-state index contributed by atoms with van der Waals surface area (Å²) in [7, 11) is -4.10. The van der Waals surface area contributed by atoms with E-state index < -0.39 is 21.7 Å². The van der Waals surface area contributed by atoms with Gasteiger partial charge in [0.1, 0.15) is 18.1 Å². The molecule has 33 heavy (non-hydrogen) atoms. The first-order valence-electron chi connectivity index (χ1n) is 10.0. The SMILES string of the molecule is O=C(CN1C(=O)CCOc2ccccc21)Nc1cccc(S(=O)(=O)Nc2ccccc2F)c1. The Morgan fingerprint density at radius 3 is 2.61 bits per heavy atom. The number of carbonyl (C=O) groups is 2. The molecule has 3 aromatic carbocycles. The van der Waals surface area contributed by atoms with Crippen LogP contribution in [0.1, 0.15) is 6.42 Å². The van der Waals surface area contributed by atoms with Crippen LogP contribution in [0.5, 0.6) is 5.75 Å². The molecule has 0 radical (unpaired) electrons. The van der Waals surface area contributed by atoms with Gasteiger partial charge in [0.25, 0.3) is 10.0 Å². The van der Waals surface area contributed by atoms with Crippen molar-refractivity contribution in [2.45, 2.75) is 11.3 Å². The van der Waals surface area contributed by atoms with Crippen molar-refractivity contribution in [2.24, 2.45) is 0 Å². The van der Waals surface area contributed by atoms with Crippen molar-refractivity contribution in [1.82, 2.24) is 0 Å². The number of halogens is 1. The van der Waals surface area contributed by atoms with Crippen molar-refractivity contribution in [3.05, 3.63) is 78.6 Å². The largest absolute Gasteiger partial charge is 0.491 e. The number of anilines is 3. The maximum atomic E-state index is 13.9. The van der Waals surface area contributed by atoms with Gasteiger partial charge in [0, 0.05) is 5.69 Å². The molecule has 0 aliphatic carbocycles. The second-order valence-corrected chi connectivity index (χ2v) is 8.89. The van der Waals surface area contributed by atoms with Crippen LogP contribution in [-0.2, 0) is 19.6 Å². The number of ether oxygens (including phenoxy) is 1. The second kappa shape index (κ2) is 9.29. The van der Waals surface area contributed by atoms with E-state index in [0.29, 0.717) is 11.4 Å². The average Bonchev–Trinajstić information content (AvgIpc) is 2.94. The van der Waals surface area contributed by atoms with E-state index in [4.69, 9.17) is 4.74 Å². The molecular formula is C23H20FN3O5S. The molecule has 170 valence electrons. The Labute approximate surface area is 190 Å². The summed E-state index contributed by atoms with van der Waals surface area (Å²) in [5.41, 5.74) is 0.510. The summed E-state index contributed by atoms with van der Waals surface area (Å²) in [6.07, 6.45) is 0.122. The lowest BCUT2D eigenvalue weighted by Gasteiger charge is -2.21. The Bertz CT molecular complexity index is 1310. The Morgan fingerprint density at radius 2 is 1.79 bits per heavy atom. The normalized spacial score (nSPS) is 13.5. The molecule has 0 saturated carbocycles. The van der Waals surface area contributed by atoms with E-state index in [1.165, 1.54) is 47.4 Å². The van der Waals surface area contributed by atoms with Crippen LogP contribution in [0.3, 0.4) is 0 Å². The van der Waals surface area contributed by atoms with E-state index >= 15 is 0 Å². The van der Waals surface area contributed by atoms with E-state index in [0.717, 1.165) is 6.07 Å². The molecule has 2 amide bonds. The summed E-state index contributed by atoms with van der Waals surface area (Å²) in [5.74, 6) is -0.988. The van der Waals surface area contributed by atoms with Crippen molar-refractivity contribution >= 4 is 38.9 Å². The minimum absolute atomic E-state index is 0.122. The fourth-order valence-corrected chi connectivity index (χ4v) is 4.44. The molecule has 0 spiro atoms. The van der Waals surface area contributed by atoms with Gasteiger partial charge in [-0.1, -0.05) is 30.3 Å². The number of hydrogen-bond donors (Lipinski definition) is 2. The molecule has 0 bridgehead atoms. The molecule has 4 rings (SSSR count). The number of sulfonamides is 1. The number of nitrogens with one attached hydrogen (secondary N) is 2. The van der Waals surface area contributed by atoms with E-state index in [2.05, 4.69) is 10.0 Å². The number of hydrogen-bond acceptors (Lipinski definition) is 5. The van der Waals surface area contributed by atoms with Crippen molar-refractivity contribution in [2.75, 3.05) is 28.1 Å². The molecule has 0 aromatic heterocycles. The molecule has 0 unspecified atom stereocenters. The van der Waals surface area contributed by atoms with E-state index in [-0.39, 0.29) is 41.7 Å². The lowest BCUT2D eigenvalue weighted by atomic mass is 10.2. The molecule has 1 aliphatic heterocycles. The summed E-state index contributed by atoms with van der Waals surface area (Å²) in [6.45, 7) is -0.0630. The zero-order valence-electron chi connectivity index (χ0n) is 17.3. The number of amides is 2. The van der Waals surface area contributed by atoms with Crippen molar-refractivity contribution < 1.29 is 27.1 Å². The highest BCUT2D eigenvalue weighted by Crippen LogP contribution is 2.31. The zero-order chi connectivity index (χ0) is 23.4. The van der Waals surface area contributed by atoms with Gasteiger partial charge in [-0.25, -0.2) is 12.8 Å². The maximum Gasteiger partial charge on any atom is 0.262 e. The van der Waals surface area contributed by atoms with Crippen LogP contribution in [0.4, 0.5) is 21.5 Å². The number of rotatable bonds is 6. The number of nitrogens with zero attached hydrogens (tertiary/aromatic N) is 1. The van der Waals surface area contributed by atoms with Crippen LogP contribution in [0.15, 0.2) is 77.7 Å². The standard InChI is InChI=1S/C23H20FN3O5S/c24-18-8-1-2-9-19(18)26-33(30,31)17-7-5-6-16(14-17)25-22(28)15-27-20-10-3-4-11-21(20)32-13-12-23(27)29/h1-11,14,26H,12-13,15H2,(H,25,28). The van der Waals surface area contributed by atoms with Crippen molar-refractivity contribution in [3.8, 4) is 5.75 Å². The average molecular weight is 469 g/mol. The molecular weight excluding hydrogens is 449 g/mol. The van der Waals surface area contributed by atoms with Crippen LogP contribution in [0.2, 0.25) is 0 Å². The predicted molar refractivity (Wildman–Crippen MR) is 121 cm³/mol. The summed E-state index contributed by atoms with van der Waals surface area (Å²) in [5, 5.41) is 2.61. The van der Waals surface area contributed by atoms with Gasteiger partial charge in [-0.3, -0.25) is 19.2 Å². The Hall–Kier alpha value is -3.92. The molecule has 1 heterocycles. The Morgan fingerprint density at radius 1 is 1.03 bits per heavy atom. The monoisotopic (exact) mass is 469 g/mol. The first-order chi connectivity index (χ1) is 15.8. The smallest absolute Gasteiger partial charge is 0.262 e. The van der Waals surface area contributed by atoms with Gasteiger partial charge in [0.15, 0.2) is 0 Å². The second-order valence-electron chi connectivity index (χ2n) is 7.21. The molecule has 1 aliphatic rings. The Balaban J connectivity index is 1.50. The quantitative estimate of drug-likeness (QED) is 0.576. The molecule has 10 heteroatoms. The van der Waals surface area contributed by atoms with Crippen LogP contribution in [-0.4, -0.2) is 33.4 Å². The third kappa shape index (κ3) is 5.12. The van der Waals surface area contributed by atoms with E-state index in [1.807, 2.05) is 0 Å². The van der Waals surface area contributed by atoms with Crippen LogP contribution >= 0.6 is 0 Å². The molecule has 0 saturated heterocycles. The van der Waals surface area contributed by atoms with Gasteiger partial charge < -0.3 is 10.1 Å². The Kier molecular flexibility index (Phi) is 6.27. The number of para-hydroxylation sites is 3. The van der Waals surface area contributed by atoms with Crippen LogP contribution in [0, 0.1) is 5.82 Å². The summed E-state index contributed by atoms with van der Waals surface area (Å²) in [6, 6.07) is 17.9. The first kappa shape index (κ1) is 22.3. The third-order valence-electron chi connectivity index (χ3n) is 4.88. The van der Waals surface area contributed by atoms with E-state index in [9.17, 15) is 22.4 Å². The molecule has 8 nitrogen and oxygen atoms in total. The fourth-order valence-electron chi connectivity index (χ4n) is 3.33. The van der Waals surface area contributed by atoms with Gasteiger partial charge in [-0.05, 0) is 42.5 Å². The van der Waals surface area contributed by atoms with E-state index in [1.54, 1.807) is 24.3 Å². The number of benzene rings is 3. The zero-order valence-corrected chi connectivity index (χ0v) is 18.1. The molecule has 3 aromatic rings. The lowest BCUT2D eigenvalue weighted by molar-refractivity contribution is -0.121. The van der Waals surface area contributed by atoms with Gasteiger partial charge in [-0.15, -0.1) is 0 Å². The molecule has 0 fully saturated rings. The van der Waals surface area contributed by atoms with Gasteiger partial charge in [0.2, 0.25) is 11.8 Å².